The van der Waals surface area contributed by atoms with Crippen LogP contribution in [0.2, 0.25) is 5.02 Å². The maximum absolute atomic E-state index is 10.7. The third-order valence-electron chi connectivity index (χ3n) is 5.80. The lowest BCUT2D eigenvalue weighted by molar-refractivity contribution is 0.340. The Morgan fingerprint density at radius 3 is 2.65 bits per heavy atom. The second kappa shape index (κ2) is 9.37. The van der Waals surface area contributed by atoms with Gasteiger partial charge in [-0.1, -0.05) is 17.7 Å². The largest absolute Gasteiger partial charge is 0.506 e. The summed E-state index contributed by atoms with van der Waals surface area (Å²) in [7, 11) is 0. The van der Waals surface area contributed by atoms with Gasteiger partial charge < -0.3 is 24.6 Å². The Hall–Kier alpha value is -3.55. The van der Waals surface area contributed by atoms with E-state index < -0.39 is 0 Å². The molecule has 2 N–H and O–H groups in total. The van der Waals surface area contributed by atoms with Gasteiger partial charge in [-0.2, -0.15) is 0 Å². The number of hydrogen-bond acceptors (Lipinski definition) is 4. The molecule has 1 saturated heterocycles. The molecule has 0 amide bonds. The van der Waals surface area contributed by atoms with Gasteiger partial charge in [-0.3, -0.25) is 4.98 Å². The van der Waals surface area contributed by atoms with Crippen molar-refractivity contribution in [3.63, 3.8) is 0 Å². The zero-order valence-corrected chi connectivity index (χ0v) is 20.0. The summed E-state index contributed by atoms with van der Waals surface area (Å²) < 4.78 is 7.71. The maximum atomic E-state index is 10.7. The molecule has 5 rings (SSSR count). The first kappa shape index (κ1) is 22.3. The normalized spacial score (nSPS) is 17.6. The van der Waals surface area contributed by atoms with Gasteiger partial charge in [0.25, 0.3) is 0 Å². The molecule has 6 nitrogen and oxygen atoms in total. The molecule has 0 radical (unpaired) electrons. The van der Waals surface area contributed by atoms with E-state index in [1.165, 1.54) is 0 Å². The van der Waals surface area contributed by atoms with Crippen molar-refractivity contribution in [2.75, 3.05) is 11.5 Å². The van der Waals surface area contributed by atoms with Crippen LogP contribution in [0.25, 0.3) is 5.69 Å². The summed E-state index contributed by atoms with van der Waals surface area (Å²) >= 11 is 12.1. The topological polar surface area (TPSA) is 62.5 Å². The fraction of sp³-hybridized carbons (Fsp3) is 0.154. The number of thiocarbonyl (C=S) groups is 1. The number of aromatic nitrogens is 2. The minimum Gasteiger partial charge on any atom is -0.506 e. The summed E-state index contributed by atoms with van der Waals surface area (Å²) in [6.07, 6.45) is 3.78. The molecule has 4 aromatic rings. The molecule has 0 aliphatic carbocycles. The van der Waals surface area contributed by atoms with Crippen LogP contribution in [-0.4, -0.2) is 26.4 Å². The standard InChI is InChI=1S/C26H23ClN4O2S/c1-2-33-19-11-9-18(10-12-19)30-15-5-7-21(30)25-24(20-6-3-4-14-28-20)29-26(34)31(25)22-16-17(27)8-13-23(22)32/h3-16,24-25,32H,2H2,1H3,(H,29,34)/t24-,25-/m0/s1. The van der Waals surface area contributed by atoms with Gasteiger partial charge in [-0.25, -0.2) is 0 Å². The number of phenolic OH excluding ortho intramolecular Hbond substituents is 1. The first-order valence-corrected chi connectivity index (χ1v) is 11.7. The van der Waals surface area contributed by atoms with Crippen molar-refractivity contribution < 1.29 is 9.84 Å². The van der Waals surface area contributed by atoms with Gasteiger partial charge in [0.2, 0.25) is 0 Å². The van der Waals surface area contributed by atoms with Crippen LogP contribution in [0, 0.1) is 0 Å². The fourth-order valence-corrected chi connectivity index (χ4v) is 4.85. The molecule has 0 unspecified atom stereocenters. The lowest BCUT2D eigenvalue weighted by Crippen LogP contribution is -2.30. The second-order valence-corrected chi connectivity index (χ2v) is 8.68. The molecule has 2 atom stereocenters. The van der Waals surface area contributed by atoms with Crippen LogP contribution in [0.1, 0.15) is 30.4 Å². The summed E-state index contributed by atoms with van der Waals surface area (Å²) in [6, 6.07) is 22.2. The molecule has 1 aliphatic heterocycles. The number of halogens is 1. The Balaban J connectivity index is 1.64. The Morgan fingerprint density at radius 2 is 1.91 bits per heavy atom. The van der Waals surface area contributed by atoms with Crippen molar-refractivity contribution in [3.8, 4) is 17.2 Å². The monoisotopic (exact) mass is 490 g/mol. The van der Waals surface area contributed by atoms with Crippen molar-refractivity contribution in [2.24, 2.45) is 0 Å². The zero-order chi connectivity index (χ0) is 23.7. The van der Waals surface area contributed by atoms with Gasteiger partial charge in [-0.05, 0) is 85.9 Å². The number of aromatic hydroxyl groups is 1. The molecular weight excluding hydrogens is 468 g/mol. The minimum absolute atomic E-state index is 0.0967. The van der Waals surface area contributed by atoms with Crippen molar-refractivity contribution in [3.05, 3.63) is 102 Å². The van der Waals surface area contributed by atoms with Crippen LogP contribution in [0.15, 0.2) is 85.2 Å². The lowest BCUT2D eigenvalue weighted by Gasteiger charge is -2.29. The molecule has 2 aromatic carbocycles. The van der Waals surface area contributed by atoms with E-state index in [9.17, 15) is 5.11 Å². The highest BCUT2D eigenvalue weighted by Gasteiger charge is 2.43. The summed E-state index contributed by atoms with van der Waals surface area (Å²) in [5.74, 6) is 0.917. The predicted octanol–water partition coefficient (Wildman–Crippen LogP) is 5.81. The third-order valence-corrected chi connectivity index (χ3v) is 6.35. The van der Waals surface area contributed by atoms with E-state index in [4.69, 9.17) is 28.6 Å². The number of benzene rings is 2. The summed E-state index contributed by atoms with van der Waals surface area (Å²) in [5, 5.41) is 15.1. The SMILES string of the molecule is CCOc1ccc(-n2cccc2[C@H]2[C@H](c3ccccn3)NC(=S)N2c2cc(Cl)ccc2O)cc1. The van der Waals surface area contributed by atoms with E-state index in [0.29, 0.717) is 22.4 Å². The van der Waals surface area contributed by atoms with E-state index >= 15 is 0 Å². The van der Waals surface area contributed by atoms with E-state index in [1.54, 1.807) is 24.4 Å². The highest BCUT2D eigenvalue weighted by Crippen LogP contribution is 2.45. The third kappa shape index (κ3) is 4.08. The van der Waals surface area contributed by atoms with Crippen LogP contribution >= 0.6 is 23.8 Å². The number of phenols is 1. The van der Waals surface area contributed by atoms with Crippen LogP contribution in [0.4, 0.5) is 5.69 Å². The summed E-state index contributed by atoms with van der Waals surface area (Å²) in [5.41, 5.74) is 3.34. The van der Waals surface area contributed by atoms with Gasteiger partial charge in [0.05, 0.1) is 24.0 Å². The maximum Gasteiger partial charge on any atom is 0.174 e. The van der Waals surface area contributed by atoms with Crippen molar-refractivity contribution >= 4 is 34.6 Å². The summed E-state index contributed by atoms with van der Waals surface area (Å²) in [4.78, 5) is 6.51. The molecule has 2 aromatic heterocycles. The van der Waals surface area contributed by atoms with E-state index in [1.807, 2.05) is 66.6 Å². The van der Waals surface area contributed by atoms with Crippen LogP contribution < -0.4 is 15.0 Å². The van der Waals surface area contributed by atoms with Gasteiger partial charge in [0, 0.05) is 28.8 Å². The molecular formula is C26H23ClN4O2S. The van der Waals surface area contributed by atoms with E-state index in [-0.39, 0.29) is 17.8 Å². The van der Waals surface area contributed by atoms with Gasteiger partial charge in [-0.15, -0.1) is 0 Å². The number of nitrogens with zero attached hydrogens (tertiary/aromatic N) is 3. The molecule has 34 heavy (non-hydrogen) atoms. The Kier molecular flexibility index (Phi) is 6.13. The van der Waals surface area contributed by atoms with Crippen molar-refractivity contribution in [2.45, 2.75) is 19.0 Å². The minimum atomic E-state index is -0.298. The van der Waals surface area contributed by atoms with E-state index in [2.05, 4.69) is 20.9 Å². The highest BCUT2D eigenvalue weighted by molar-refractivity contribution is 7.80. The smallest absolute Gasteiger partial charge is 0.174 e. The first-order chi connectivity index (χ1) is 16.6. The predicted molar refractivity (Wildman–Crippen MR) is 138 cm³/mol. The van der Waals surface area contributed by atoms with Gasteiger partial charge in [0.15, 0.2) is 5.11 Å². The number of ether oxygens (including phenoxy) is 1. The quantitative estimate of drug-likeness (QED) is 0.333. The highest BCUT2D eigenvalue weighted by atomic mass is 35.5. The van der Waals surface area contributed by atoms with Gasteiger partial charge in [0.1, 0.15) is 17.5 Å². The molecule has 0 spiro atoms. The fourth-order valence-electron chi connectivity index (χ4n) is 4.34. The lowest BCUT2D eigenvalue weighted by atomic mass is 10.0. The molecule has 172 valence electrons. The Labute approximate surface area is 208 Å². The molecule has 0 bridgehead atoms. The zero-order valence-electron chi connectivity index (χ0n) is 18.4. The van der Waals surface area contributed by atoms with Crippen LogP contribution in [0.5, 0.6) is 11.5 Å². The molecule has 1 aliphatic rings. The molecule has 3 heterocycles. The van der Waals surface area contributed by atoms with E-state index in [0.717, 1.165) is 22.8 Å². The average Bonchev–Trinajstić information content (AvgIpc) is 3.46. The van der Waals surface area contributed by atoms with Crippen molar-refractivity contribution in [1.29, 1.82) is 0 Å². The Bertz CT molecular complexity index is 1310. The number of nitrogens with one attached hydrogen (secondary N) is 1. The van der Waals surface area contributed by atoms with Crippen molar-refractivity contribution in [1.82, 2.24) is 14.9 Å². The number of hydrogen-bond donors (Lipinski definition) is 2. The van der Waals surface area contributed by atoms with Crippen LogP contribution in [-0.2, 0) is 0 Å². The second-order valence-electron chi connectivity index (χ2n) is 7.86. The number of pyridine rings is 1. The molecule has 1 fully saturated rings. The molecule has 8 heteroatoms. The number of anilines is 1. The van der Waals surface area contributed by atoms with Crippen LogP contribution in [0.3, 0.4) is 0 Å². The van der Waals surface area contributed by atoms with Gasteiger partial charge >= 0.3 is 0 Å². The summed E-state index contributed by atoms with van der Waals surface area (Å²) in [6.45, 7) is 2.58. The average molecular weight is 491 g/mol. The number of rotatable bonds is 6. The molecule has 0 saturated carbocycles. The Morgan fingerprint density at radius 1 is 1.09 bits per heavy atom. The first-order valence-electron chi connectivity index (χ1n) is 11.0.